The van der Waals surface area contributed by atoms with Gasteiger partial charge in [-0.15, -0.1) is 0 Å². The van der Waals surface area contributed by atoms with Crippen LogP contribution in [0.15, 0.2) is 18.2 Å². The van der Waals surface area contributed by atoms with Crippen molar-refractivity contribution in [3.63, 3.8) is 0 Å². The molecular weight excluding hydrogens is 334 g/mol. The lowest BCUT2D eigenvalue weighted by atomic mass is 10.1. The van der Waals surface area contributed by atoms with Gasteiger partial charge in [0.05, 0.1) is 11.6 Å². The fourth-order valence-corrected chi connectivity index (χ4v) is 3.52. The monoisotopic (exact) mass is 361 g/mol. The fraction of sp³-hybridized carbons (Fsp3) is 0.600. The molecule has 1 aromatic rings. The smallest absolute Gasteiger partial charge is 0.410 e. The van der Waals surface area contributed by atoms with Gasteiger partial charge in [0, 0.05) is 12.1 Å². The van der Waals surface area contributed by atoms with Crippen LogP contribution in [0.5, 0.6) is 5.75 Å². The van der Waals surface area contributed by atoms with Gasteiger partial charge in [0.25, 0.3) is 0 Å². The summed E-state index contributed by atoms with van der Waals surface area (Å²) < 4.78 is 16.8. The molecule has 1 saturated heterocycles. The molecule has 1 amide bonds. The summed E-state index contributed by atoms with van der Waals surface area (Å²) in [5.74, 6) is 0.412. The number of carbonyl (C=O) groups is 2. The highest BCUT2D eigenvalue weighted by molar-refractivity contribution is 5.93. The Balaban J connectivity index is 1.72. The highest BCUT2D eigenvalue weighted by Gasteiger charge is 2.37. The van der Waals surface area contributed by atoms with Crippen LogP contribution >= 0.6 is 0 Å². The molecule has 2 aliphatic heterocycles. The summed E-state index contributed by atoms with van der Waals surface area (Å²) in [5, 5.41) is 0. The van der Waals surface area contributed by atoms with Gasteiger partial charge < -0.3 is 19.1 Å². The van der Waals surface area contributed by atoms with Gasteiger partial charge in [-0.3, -0.25) is 0 Å². The predicted molar refractivity (Wildman–Crippen MR) is 96.2 cm³/mol. The van der Waals surface area contributed by atoms with E-state index in [1.807, 2.05) is 26.8 Å². The Hall–Kier alpha value is -2.24. The summed E-state index contributed by atoms with van der Waals surface area (Å²) in [6.45, 7) is 8.64. The van der Waals surface area contributed by atoms with Crippen LogP contribution in [0.1, 0.15) is 62.9 Å². The molecule has 0 saturated carbocycles. The predicted octanol–water partition coefficient (Wildman–Crippen LogP) is 3.91. The van der Waals surface area contributed by atoms with Gasteiger partial charge in [0.1, 0.15) is 24.1 Å². The molecule has 0 N–H and O–H groups in total. The van der Waals surface area contributed by atoms with E-state index in [1.165, 1.54) is 0 Å². The maximum absolute atomic E-state index is 12.5. The Kier molecular flexibility index (Phi) is 5.12. The molecule has 0 bridgehead atoms. The third-order valence-corrected chi connectivity index (χ3v) is 4.70. The average Bonchev–Trinajstić information content (AvgIpc) is 3.18. The van der Waals surface area contributed by atoms with E-state index >= 15 is 0 Å². The number of hydrogen-bond donors (Lipinski definition) is 0. The molecule has 3 rings (SSSR count). The summed E-state index contributed by atoms with van der Waals surface area (Å²) in [4.78, 5) is 25.9. The highest BCUT2D eigenvalue weighted by Crippen LogP contribution is 2.30. The summed E-state index contributed by atoms with van der Waals surface area (Å²) >= 11 is 0. The van der Waals surface area contributed by atoms with Crippen LogP contribution in [0.2, 0.25) is 0 Å². The number of fused-ring (bicyclic) bond motifs is 1. The van der Waals surface area contributed by atoms with Gasteiger partial charge in [0.2, 0.25) is 0 Å². The second-order valence-electron chi connectivity index (χ2n) is 7.84. The largest absolute Gasteiger partial charge is 0.488 e. The minimum atomic E-state index is -0.515. The van der Waals surface area contributed by atoms with Crippen molar-refractivity contribution in [2.24, 2.45) is 0 Å². The van der Waals surface area contributed by atoms with Crippen LogP contribution in [0.25, 0.3) is 0 Å². The van der Waals surface area contributed by atoms with Crippen LogP contribution in [-0.4, -0.2) is 41.3 Å². The maximum atomic E-state index is 12.5. The second kappa shape index (κ2) is 7.17. The second-order valence-corrected chi connectivity index (χ2v) is 7.84. The first kappa shape index (κ1) is 18.5. The van der Waals surface area contributed by atoms with Crippen molar-refractivity contribution in [1.29, 1.82) is 0 Å². The average molecular weight is 361 g/mol. The zero-order chi connectivity index (χ0) is 18.9. The van der Waals surface area contributed by atoms with Gasteiger partial charge in [0.15, 0.2) is 0 Å². The third-order valence-electron chi connectivity index (χ3n) is 4.70. The zero-order valence-corrected chi connectivity index (χ0v) is 15.9. The lowest BCUT2D eigenvalue weighted by Gasteiger charge is -2.33. The maximum Gasteiger partial charge on any atom is 0.410 e. The molecule has 6 nitrogen and oxygen atoms in total. The van der Waals surface area contributed by atoms with Crippen molar-refractivity contribution in [2.75, 3.05) is 6.54 Å². The van der Waals surface area contributed by atoms with Crippen LogP contribution in [-0.2, 0) is 16.1 Å². The first-order valence-electron chi connectivity index (χ1n) is 9.25. The van der Waals surface area contributed by atoms with Gasteiger partial charge in [-0.1, -0.05) is 6.92 Å². The van der Waals surface area contributed by atoms with Gasteiger partial charge in [-0.25, -0.2) is 9.59 Å². The number of cyclic esters (lactones) is 1. The SMILES string of the molecule is CC[C@H](Oc1ccc2c(c1)COC2=O)[C@@H]1CCCN1C(=O)OC(C)(C)C. The van der Waals surface area contributed by atoms with E-state index < -0.39 is 5.60 Å². The number of amides is 1. The normalized spacial score (nSPS) is 20.5. The quantitative estimate of drug-likeness (QED) is 0.761. The molecule has 1 fully saturated rings. The van der Waals surface area contributed by atoms with Crippen molar-refractivity contribution in [3.05, 3.63) is 29.3 Å². The molecule has 6 heteroatoms. The number of ether oxygens (including phenoxy) is 3. The van der Waals surface area contributed by atoms with Crippen molar-refractivity contribution in [1.82, 2.24) is 4.90 Å². The van der Waals surface area contributed by atoms with E-state index in [2.05, 4.69) is 6.92 Å². The summed E-state index contributed by atoms with van der Waals surface area (Å²) in [7, 11) is 0. The van der Waals surface area contributed by atoms with Crippen molar-refractivity contribution >= 4 is 12.1 Å². The van der Waals surface area contributed by atoms with Crippen molar-refractivity contribution in [2.45, 2.75) is 71.3 Å². The molecule has 1 aromatic carbocycles. The van der Waals surface area contributed by atoms with E-state index in [4.69, 9.17) is 14.2 Å². The van der Waals surface area contributed by atoms with Gasteiger partial charge in [-0.05, 0) is 58.2 Å². The number of hydrogen-bond acceptors (Lipinski definition) is 5. The summed E-state index contributed by atoms with van der Waals surface area (Å²) in [6, 6.07) is 5.38. The standard InChI is InChI=1S/C20H27NO5/c1-5-17(16-7-6-10-21(16)19(23)26-20(2,3)4)25-14-8-9-15-13(11-14)12-24-18(15)22/h8-9,11,16-17H,5-7,10,12H2,1-4H3/t16-,17-/m0/s1. The number of esters is 1. The van der Waals surface area contributed by atoms with Crippen LogP contribution < -0.4 is 4.74 Å². The number of benzene rings is 1. The first-order valence-corrected chi connectivity index (χ1v) is 9.25. The molecule has 142 valence electrons. The number of carbonyl (C=O) groups excluding carboxylic acids is 2. The molecular formula is C20H27NO5. The lowest BCUT2D eigenvalue weighted by molar-refractivity contribution is 0.00869. The highest BCUT2D eigenvalue weighted by atomic mass is 16.6. The Labute approximate surface area is 154 Å². The lowest BCUT2D eigenvalue weighted by Crippen LogP contribution is -2.46. The van der Waals surface area contributed by atoms with E-state index in [1.54, 1.807) is 17.0 Å². The molecule has 0 radical (unpaired) electrons. The molecule has 0 spiro atoms. The summed E-state index contributed by atoms with van der Waals surface area (Å²) in [6.07, 6.45) is 2.20. The minimum Gasteiger partial charge on any atom is -0.488 e. The molecule has 2 heterocycles. The van der Waals surface area contributed by atoms with Crippen LogP contribution in [0.3, 0.4) is 0 Å². The van der Waals surface area contributed by atoms with Gasteiger partial charge >= 0.3 is 12.1 Å². The van der Waals surface area contributed by atoms with Crippen LogP contribution in [0, 0.1) is 0 Å². The zero-order valence-electron chi connectivity index (χ0n) is 15.9. The Morgan fingerprint density at radius 3 is 2.85 bits per heavy atom. The molecule has 2 aliphatic rings. The van der Waals surface area contributed by atoms with E-state index in [9.17, 15) is 9.59 Å². The molecule has 2 atom stereocenters. The molecule has 0 aliphatic carbocycles. The number of rotatable bonds is 4. The molecule has 26 heavy (non-hydrogen) atoms. The number of nitrogens with zero attached hydrogens (tertiary/aromatic N) is 1. The number of likely N-dealkylation sites (tertiary alicyclic amines) is 1. The Morgan fingerprint density at radius 1 is 1.38 bits per heavy atom. The third kappa shape index (κ3) is 3.94. The Bertz CT molecular complexity index is 694. The molecule has 0 unspecified atom stereocenters. The first-order chi connectivity index (χ1) is 12.3. The van der Waals surface area contributed by atoms with Crippen molar-refractivity contribution in [3.8, 4) is 5.75 Å². The topological polar surface area (TPSA) is 65.1 Å². The van der Waals surface area contributed by atoms with E-state index in [0.29, 0.717) is 17.9 Å². The minimum absolute atomic E-state index is 0.0130. The van der Waals surface area contributed by atoms with E-state index in [0.717, 1.165) is 24.8 Å². The fourth-order valence-electron chi connectivity index (χ4n) is 3.52. The summed E-state index contributed by atoms with van der Waals surface area (Å²) in [5.41, 5.74) is 0.929. The van der Waals surface area contributed by atoms with Crippen LogP contribution in [0.4, 0.5) is 4.79 Å². The van der Waals surface area contributed by atoms with Crippen molar-refractivity contribution < 1.29 is 23.8 Å². The van der Waals surface area contributed by atoms with Gasteiger partial charge in [-0.2, -0.15) is 0 Å². The Morgan fingerprint density at radius 2 is 2.15 bits per heavy atom. The molecule has 0 aromatic heterocycles. The van der Waals surface area contributed by atoms with E-state index in [-0.39, 0.29) is 30.8 Å².